The van der Waals surface area contributed by atoms with Crippen LogP contribution in [-0.2, 0) is 17.8 Å². The van der Waals surface area contributed by atoms with Crippen LogP contribution in [-0.4, -0.2) is 60.5 Å². The van der Waals surface area contributed by atoms with Crippen molar-refractivity contribution in [2.45, 2.75) is 13.1 Å². The van der Waals surface area contributed by atoms with Gasteiger partial charge in [0.05, 0.1) is 33.4 Å². The minimum Gasteiger partial charge on any atom is -0.497 e. The molecule has 0 atom stereocenters. The van der Waals surface area contributed by atoms with Gasteiger partial charge in [0.25, 0.3) is 0 Å². The van der Waals surface area contributed by atoms with Crippen LogP contribution >= 0.6 is 23.2 Å². The fourth-order valence-electron chi connectivity index (χ4n) is 3.42. The third-order valence-electron chi connectivity index (χ3n) is 5.20. The van der Waals surface area contributed by atoms with E-state index in [1.807, 2.05) is 12.1 Å². The Bertz CT molecular complexity index is 1320. The van der Waals surface area contributed by atoms with Crippen molar-refractivity contribution in [1.82, 2.24) is 19.4 Å². The number of nitrogens with two attached hydrogens (primary N) is 1. The van der Waals surface area contributed by atoms with Gasteiger partial charge < -0.3 is 25.8 Å². The zero-order valence-electron chi connectivity index (χ0n) is 20.5. The van der Waals surface area contributed by atoms with Gasteiger partial charge in [0.15, 0.2) is 5.96 Å². The van der Waals surface area contributed by atoms with Gasteiger partial charge in [-0.05, 0) is 41.5 Å². The fourth-order valence-corrected chi connectivity index (χ4v) is 3.99. The molecule has 2 aromatic carbocycles. The van der Waals surface area contributed by atoms with Gasteiger partial charge in [-0.2, -0.15) is 4.98 Å². The standard InChI is InChI=1S/C24H29Cl2N7O4/c1-36-10-9-29-21(27)28-7-8-30-22-31-23(34)33(15-17-11-18(25)13-19(26)12-17)24(35)32(22)14-16-3-5-20(37-2)6-4-16/h3-6,11-13H,7-10,14-15H2,1-2H3,(H3,27,28,29)(H,30,31,34). The Morgan fingerprint density at radius 1 is 1.00 bits per heavy atom. The highest BCUT2D eigenvalue weighted by atomic mass is 35.5. The molecule has 0 unspecified atom stereocenters. The number of halogens is 2. The third kappa shape index (κ3) is 8.24. The van der Waals surface area contributed by atoms with E-state index in [1.165, 1.54) is 4.57 Å². The molecule has 0 aliphatic heterocycles. The first-order valence-corrected chi connectivity index (χ1v) is 12.1. The first kappa shape index (κ1) is 28.0. The van der Waals surface area contributed by atoms with Gasteiger partial charge in [0.1, 0.15) is 5.75 Å². The molecule has 0 fully saturated rings. The number of aromatic nitrogens is 3. The van der Waals surface area contributed by atoms with E-state index in [1.54, 1.807) is 44.6 Å². The molecule has 0 radical (unpaired) electrons. The topological polar surface area (TPSA) is 138 Å². The Hall–Kier alpha value is -3.54. The second kappa shape index (κ2) is 13.7. The van der Waals surface area contributed by atoms with Crippen molar-refractivity contribution in [2.75, 3.05) is 45.8 Å². The number of rotatable bonds is 12. The maximum Gasteiger partial charge on any atom is 0.355 e. The van der Waals surface area contributed by atoms with Crippen LogP contribution in [0.25, 0.3) is 0 Å². The average Bonchev–Trinajstić information content (AvgIpc) is 2.86. The summed E-state index contributed by atoms with van der Waals surface area (Å²) in [7, 11) is 3.16. The van der Waals surface area contributed by atoms with Crippen LogP contribution in [0.2, 0.25) is 10.0 Å². The minimum atomic E-state index is -0.705. The third-order valence-corrected chi connectivity index (χ3v) is 5.64. The Balaban J connectivity index is 1.87. The summed E-state index contributed by atoms with van der Waals surface area (Å²) in [6, 6.07) is 12.1. The van der Waals surface area contributed by atoms with Crippen LogP contribution in [0, 0.1) is 0 Å². The number of ether oxygens (including phenoxy) is 2. The van der Waals surface area contributed by atoms with Crippen LogP contribution in [0.4, 0.5) is 5.95 Å². The summed E-state index contributed by atoms with van der Waals surface area (Å²) >= 11 is 12.2. The molecule has 3 rings (SSSR count). The lowest BCUT2D eigenvalue weighted by Gasteiger charge is -2.16. The first-order valence-electron chi connectivity index (χ1n) is 11.4. The molecule has 198 valence electrons. The summed E-state index contributed by atoms with van der Waals surface area (Å²) in [6.45, 7) is 1.72. The van der Waals surface area contributed by atoms with E-state index in [-0.39, 0.29) is 25.0 Å². The van der Waals surface area contributed by atoms with Crippen molar-refractivity contribution in [1.29, 1.82) is 0 Å². The molecular formula is C24H29Cl2N7O4. The van der Waals surface area contributed by atoms with E-state index in [2.05, 4.69) is 20.6 Å². The number of nitrogens with zero attached hydrogens (tertiary/aromatic N) is 4. The predicted molar refractivity (Wildman–Crippen MR) is 145 cm³/mol. The molecule has 11 nitrogen and oxygen atoms in total. The molecule has 0 spiro atoms. The maximum absolute atomic E-state index is 13.5. The molecule has 0 saturated heterocycles. The normalized spacial score (nSPS) is 11.4. The number of methoxy groups -OCH3 is 2. The van der Waals surface area contributed by atoms with E-state index in [0.29, 0.717) is 47.6 Å². The Morgan fingerprint density at radius 2 is 1.68 bits per heavy atom. The van der Waals surface area contributed by atoms with Crippen molar-refractivity contribution >= 4 is 35.1 Å². The van der Waals surface area contributed by atoms with E-state index in [0.717, 1.165) is 10.1 Å². The minimum absolute atomic E-state index is 0.0378. The summed E-state index contributed by atoms with van der Waals surface area (Å²) in [5.74, 6) is 1.08. The second-order valence-electron chi connectivity index (χ2n) is 7.91. The molecule has 1 heterocycles. The molecular weight excluding hydrogens is 521 g/mol. The van der Waals surface area contributed by atoms with Gasteiger partial charge >= 0.3 is 11.4 Å². The number of aliphatic imine (C=N–C) groups is 1. The molecule has 0 aliphatic carbocycles. The Kier molecular flexibility index (Phi) is 10.4. The molecule has 4 N–H and O–H groups in total. The van der Waals surface area contributed by atoms with E-state index < -0.39 is 11.4 Å². The second-order valence-corrected chi connectivity index (χ2v) is 8.78. The Labute approximate surface area is 223 Å². The maximum atomic E-state index is 13.5. The molecule has 1 aromatic heterocycles. The lowest BCUT2D eigenvalue weighted by Crippen LogP contribution is -2.44. The molecule has 0 saturated carbocycles. The van der Waals surface area contributed by atoms with Crippen LogP contribution in [0.1, 0.15) is 11.1 Å². The van der Waals surface area contributed by atoms with Gasteiger partial charge in [-0.15, -0.1) is 0 Å². The van der Waals surface area contributed by atoms with Gasteiger partial charge in [-0.1, -0.05) is 35.3 Å². The van der Waals surface area contributed by atoms with Crippen LogP contribution in [0.15, 0.2) is 57.0 Å². The molecule has 0 bridgehead atoms. The number of hydrogen-bond acceptors (Lipinski definition) is 7. The highest BCUT2D eigenvalue weighted by Crippen LogP contribution is 2.19. The lowest BCUT2D eigenvalue weighted by molar-refractivity contribution is 0.208. The summed E-state index contributed by atoms with van der Waals surface area (Å²) in [5, 5.41) is 6.79. The quantitative estimate of drug-likeness (QED) is 0.176. The fraction of sp³-hybridized carbons (Fsp3) is 0.333. The van der Waals surface area contributed by atoms with Gasteiger partial charge in [0, 0.05) is 30.2 Å². The number of benzene rings is 2. The van der Waals surface area contributed by atoms with E-state index in [4.69, 9.17) is 38.4 Å². The zero-order chi connectivity index (χ0) is 26.8. The largest absolute Gasteiger partial charge is 0.497 e. The highest BCUT2D eigenvalue weighted by molar-refractivity contribution is 6.34. The summed E-state index contributed by atoms with van der Waals surface area (Å²) in [6.07, 6.45) is 0. The zero-order valence-corrected chi connectivity index (χ0v) is 22.1. The van der Waals surface area contributed by atoms with Crippen LogP contribution < -0.4 is 32.5 Å². The number of nitrogens with one attached hydrogen (secondary N) is 2. The number of hydrogen-bond donors (Lipinski definition) is 3. The molecule has 0 amide bonds. The molecule has 37 heavy (non-hydrogen) atoms. The van der Waals surface area contributed by atoms with Gasteiger partial charge in [-0.25, -0.2) is 14.2 Å². The summed E-state index contributed by atoms with van der Waals surface area (Å²) in [5.41, 5.74) is 5.99. The monoisotopic (exact) mass is 549 g/mol. The average molecular weight is 550 g/mol. The smallest absolute Gasteiger partial charge is 0.355 e. The predicted octanol–water partition coefficient (Wildman–Crippen LogP) is 1.78. The summed E-state index contributed by atoms with van der Waals surface area (Å²) < 4.78 is 12.6. The van der Waals surface area contributed by atoms with E-state index >= 15 is 0 Å². The summed E-state index contributed by atoms with van der Waals surface area (Å²) in [4.78, 5) is 34.6. The molecule has 3 aromatic rings. The first-order chi connectivity index (χ1) is 17.8. The lowest BCUT2D eigenvalue weighted by atomic mass is 10.2. The van der Waals surface area contributed by atoms with Crippen LogP contribution in [0.3, 0.4) is 0 Å². The molecule has 13 heteroatoms. The van der Waals surface area contributed by atoms with Crippen molar-refractivity contribution in [2.24, 2.45) is 10.7 Å². The van der Waals surface area contributed by atoms with Crippen LogP contribution in [0.5, 0.6) is 5.75 Å². The highest BCUT2D eigenvalue weighted by Gasteiger charge is 2.15. The van der Waals surface area contributed by atoms with Crippen molar-refractivity contribution in [3.05, 3.63) is 84.6 Å². The van der Waals surface area contributed by atoms with E-state index in [9.17, 15) is 9.59 Å². The number of guanidine groups is 1. The SMILES string of the molecule is COCCN=C(N)NCCNc1nc(=O)n(Cc2cc(Cl)cc(Cl)c2)c(=O)n1Cc1ccc(OC)cc1. The Morgan fingerprint density at radius 3 is 2.32 bits per heavy atom. The van der Waals surface area contributed by atoms with Crippen molar-refractivity contribution in [3.63, 3.8) is 0 Å². The van der Waals surface area contributed by atoms with Crippen molar-refractivity contribution in [3.8, 4) is 5.75 Å². The van der Waals surface area contributed by atoms with Gasteiger partial charge in [0.2, 0.25) is 5.95 Å². The van der Waals surface area contributed by atoms with Crippen molar-refractivity contribution < 1.29 is 9.47 Å². The molecule has 0 aliphatic rings. The van der Waals surface area contributed by atoms with Gasteiger partial charge in [-0.3, -0.25) is 9.56 Å². The number of anilines is 1.